The van der Waals surface area contributed by atoms with E-state index < -0.39 is 27.4 Å². The van der Waals surface area contributed by atoms with Gasteiger partial charge in [0.25, 0.3) is 5.91 Å². The van der Waals surface area contributed by atoms with Crippen LogP contribution in [0.3, 0.4) is 0 Å². The summed E-state index contributed by atoms with van der Waals surface area (Å²) in [5.41, 5.74) is 7.21. The molecular formula is C32H44N6O5S. The fourth-order valence-electron chi connectivity index (χ4n) is 5.34. The van der Waals surface area contributed by atoms with E-state index >= 15 is 0 Å². The van der Waals surface area contributed by atoms with Crippen molar-refractivity contribution in [3.8, 4) is 5.75 Å². The Morgan fingerprint density at radius 2 is 1.95 bits per heavy atom. The van der Waals surface area contributed by atoms with Gasteiger partial charge in [-0.05, 0) is 42.7 Å². The first-order valence-electron chi connectivity index (χ1n) is 15.0. The molecule has 1 fully saturated rings. The van der Waals surface area contributed by atoms with Crippen LogP contribution in [0.2, 0.25) is 0 Å². The number of amides is 2. The number of primary amides is 1. The van der Waals surface area contributed by atoms with E-state index in [4.69, 9.17) is 15.9 Å². The molecule has 1 unspecified atom stereocenters. The molecule has 2 amide bonds. The summed E-state index contributed by atoms with van der Waals surface area (Å²) in [4.78, 5) is 31.7. The third kappa shape index (κ3) is 7.96. The number of piperidine rings is 1. The van der Waals surface area contributed by atoms with Gasteiger partial charge >= 0.3 is 0 Å². The molecule has 0 saturated carbocycles. The van der Waals surface area contributed by atoms with Crippen molar-refractivity contribution in [3.63, 3.8) is 0 Å². The number of allylic oxidation sites excluding steroid dienone is 3. The molecule has 0 spiro atoms. The first-order chi connectivity index (χ1) is 20.6. The molecule has 0 aromatic heterocycles. The smallest absolute Gasteiger partial charge is 0.252 e. The van der Waals surface area contributed by atoms with E-state index in [0.29, 0.717) is 11.3 Å². The van der Waals surface area contributed by atoms with Gasteiger partial charge in [0.15, 0.2) is 0 Å². The maximum absolute atomic E-state index is 12.8. The summed E-state index contributed by atoms with van der Waals surface area (Å²) in [5, 5.41) is 11.4. The molecule has 1 atom stereocenters. The fraction of sp³-hybridized carbons (Fsp3) is 0.500. The number of hydrogen-bond acceptors (Lipinski definition) is 8. The molecule has 11 nitrogen and oxygen atoms in total. The zero-order valence-electron chi connectivity index (χ0n) is 26.2. The summed E-state index contributed by atoms with van der Waals surface area (Å²) in [6.45, 7) is 9.77. The monoisotopic (exact) mass is 624 g/mol. The zero-order valence-corrected chi connectivity index (χ0v) is 27.0. The summed E-state index contributed by atoms with van der Waals surface area (Å²) in [6, 6.07) is 4.14. The topological polar surface area (TPSA) is 158 Å². The predicted octanol–water partition coefficient (Wildman–Crippen LogP) is 3.58. The Morgan fingerprint density at radius 1 is 1.25 bits per heavy atom. The third-order valence-corrected chi connectivity index (χ3v) is 9.18. The van der Waals surface area contributed by atoms with E-state index in [2.05, 4.69) is 15.2 Å². The van der Waals surface area contributed by atoms with Gasteiger partial charge in [0.1, 0.15) is 11.9 Å². The number of nitrogens with zero attached hydrogens (tertiary/aromatic N) is 3. The number of likely N-dealkylation sites (tertiary alicyclic amines) is 1. The van der Waals surface area contributed by atoms with Gasteiger partial charge in [0, 0.05) is 44.3 Å². The predicted molar refractivity (Wildman–Crippen MR) is 174 cm³/mol. The van der Waals surface area contributed by atoms with Crippen LogP contribution < -0.4 is 20.1 Å². The van der Waals surface area contributed by atoms with Crippen LogP contribution in [0.5, 0.6) is 5.75 Å². The second kappa shape index (κ2) is 13.4. The Labute approximate surface area is 260 Å². The molecule has 0 radical (unpaired) electrons. The van der Waals surface area contributed by atoms with E-state index in [1.54, 1.807) is 37.3 Å². The van der Waals surface area contributed by atoms with E-state index in [1.807, 2.05) is 26.8 Å². The number of benzene rings is 1. The van der Waals surface area contributed by atoms with Crippen LogP contribution in [-0.2, 0) is 14.8 Å². The number of nitrogens with one attached hydrogen (secondary N) is 2. The number of ether oxygens (including phenoxy) is 1. The van der Waals surface area contributed by atoms with Crippen LogP contribution in [0.1, 0.15) is 63.7 Å². The minimum atomic E-state index is -3.73. The van der Waals surface area contributed by atoms with E-state index in [9.17, 15) is 18.0 Å². The highest BCUT2D eigenvalue weighted by Gasteiger charge is 2.28. The van der Waals surface area contributed by atoms with Gasteiger partial charge in [-0.1, -0.05) is 45.1 Å². The first kappa shape index (κ1) is 33.0. The quantitative estimate of drug-likeness (QED) is 0.381. The number of hydrogen-bond donors (Lipinski definition) is 3. The molecular weight excluding hydrogens is 580 g/mol. The van der Waals surface area contributed by atoms with Gasteiger partial charge in [0.05, 0.1) is 41.6 Å². The van der Waals surface area contributed by atoms with Crippen molar-refractivity contribution in [1.29, 1.82) is 5.41 Å². The highest BCUT2D eigenvalue weighted by atomic mass is 32.2. The van der Waals surface area contributed by atoms with Crippen molar-refractivity contribution in [2.24, 2.45) is 16.1 Å². The Kier molecular flexibility index (Phi) is 10.0. The number of anilines is 1. The van der Waals surface area contributed by atoms with Gasteiger partial charge in [-0.15, -0.1) is 0 Å². The molecule has 4 N–H and O–H groups in total. The SMILES string of the molecule is CC1=C(/C=C/CN(c2ccc(OC3CCN(C4=NCCC4)CC3)c(C(N)=O)c2)S(C)(=O)=O)C=CC(NC(=O)C(C)(C)C)C1=N. The van der Waals surface area contributed by atoms with E-state index in [0.717, 1.165) is 57.1 Å². The van der Waals surface area contributed by atoms with Gasteiger partial charge in [-0.25, -0.2) is 8.42 Å². The van der Waals surface area contributed by atoms with Crippen molar-refractivity contribution in [1.82, 2.24) is 10.2 Å². The van der Waals surface area contributed by atoms with Crippen LogP contribution in [0.4, 0.5) is 5.69 Å². The second-order valence-corrected chi connectivity index (χ2v) is 14.4. The van der Waals surface area contributed by atoms with Crippen LogP contribution in [-0.4, -0.2) is 81.3 Å². The summed E-state index contributed by atoms with van der Waals surface area (Å²) in [5.74, 6) is 0.642. The van der Waals surface area contributed by atoms with Crippen molar-refractivity contribution in [2.75, 3.05) is 36.7 Å². The fourth-order valence-corrected chi connectivity index (χ4v) is 6.19. The molecule has 2 heterocycles. The van der Waals surface area contributed by atoms with Crippen molar-refractivity contribution in [3.05, 3.63) is 59.2 Å². The lowest BCUT2D eigenvalue weighted by Gasteiger charge is -2.34. The molecule has 2 aliphatic heterocycles. The largest absolute Gasteiger partial charge is 0.489 e. The molecule has 44 heavy (non-hydrogen) atoms. The summed E-state index contributed by atoms with van der Waals surface area (Å²) in [6.07, 6.45) is 11.7. The van der Waals surface area contributed by atoms with Gasteiger partial charge < -0.3 is 26.1 Å². The lowest BCUT2D eigenvalue weighted by atomic mass is 9.90. The molecule has 1 aromatic rings. The molecule has 238 valence electrons. The lowest BCUT2D eigenvalue weighted by molar-refractivity contribution is -0.128. The summed E-state index contributed by atoms with van der Waals surface area (Å²) < 4.78 is 33.0. The zero-order chi connectivity index (χ0) is 32.2. The molecule has 12 heteroatoms. The average molecular weight is 625 g/mol. The van der Waals surface area contributed by atoms with Gasteiger partial charge in [-0.2, -0.15) is 0 Å². The number of sulfonamides is 1. The lowest BCUT2D eigenvalue weighted by Crippen LogP contribution is -2.45. The van der Waals surface area contributed by atoms with Crippen LogP contribution in [0, 0.1) is 10.8 Å². The number of rotatable bonds is 9. The maximum Gasteiger partial charge on any atom is 0.252 e. The number of aliphatic imine (C=N–C) groups is 1. The summed E-state index contributed by atoms with van der Waals surface area (Å²) in [7, 11) is -3.73. The molecule has 1 saturated heterocycles. The highest BCUT2D eigenvalue weighted by molar-refractivity contribution is 7.92. The standard InChI is InChI=1S/C32H44N6O5S/c1-21-22(10-12-26(29(21)33)36-31(40)32(2,3)4)8-7-17-38(44(5,41)42)23-11-13-27(25(20-23)30(34)39)43-24-14-18-37(19-15-24)28-9-6-16-35-28/h7-8,10-13,20,24,26,33H,6,9,14-19H2,1-5H3,(H2,34,39)(H,36,40)/b8-7+,33-29?. The van der Waals surface area contributed by atoms with Crippen molar-refractivity contribution in [2.45, 2.75) is 65.5 Å². The maximum atomic E-state index is 12.8. The Bertz CT molecular complexity index is 1530. The first-order valence-corrected chi connectivity index (χ1v) is 16.8. The van der Waals surface area contributed by atoms with Crippen molar-refractivity contribution < 1.29 is 22.7 Å². The molecule has 3 aliphatic rings. The van der Waals surface area contributed by atoms with E-state index in [-0.39, 0.29) is 35.5 Å². The third-order valence-electron chi connectivity index (χ3n) is 8.02. The molecule has 0 bridgehead atoms. The second-order valence-electron chi connectivity index (χ2n) is 12.5. The highest BCUT2D eigenvalue weighted by Crippen LogP contribution is 2.29. The minimum Gasteiger partial charge on any atom is -0.489 e. The van der Waals surface area contributed by atoms with Crippen LogP contribution >= 0.6 is 0 Å². The van der Waals surface area contributed by atoms with Crippen LogP contribution in [0.15, 0.2) is 58.6 Å². The van der Waals surface area contributed by atoms with Crippen molar-refractivity contribution >= 4 is 39.1 Å². The number of nitrogens with two attached hydrogens (primary N) is 1. The number of amidine groups is 1. The minimum absolute atomic E-state index is 0.0122. The molecule has 1 aliphatic carbocycles. The van der Waals surface area contributed by atoms with Crippen LogP contribution in [0.25, 0.3) is 0 Å². The molecule has 4 rings (SSSR count). The van der Waals surface area contributed by atoms with Gasteiger partial charge in [-0.3, -0.25) is 18.9 Å². The Morgan fingerprint density at radius 3 is 2.55 bits per heavy atom. The Hall–Kier alpha value is -3.93. The number of carbonyl (C=O) groups is 2. The normalized spacial score (nSPS) is 19.8. The molecule has 1 aromatic carbocycles. The summed E-state index contributed by atoms with van der Waals surface area (Å²) >= 11 is 0. The van der Waals surface area contributed by atoms with E-state index in [1.165, 1.54) is 16.2 Å². The Balaban J connectivity index is 1.45. The van der Waals surface area contributed by atoms with Gasteiger partial charge in [0.2, 0.25) is 15.9 Å². The number of carbonyl (C=O) groups excluding carboxylic acids is 2. The average Bonchev–Trinajstić information content (AvgIpc) is 3.49.